The minimum absolute atomic E-state index is 0.151. The topological polar surface area (TPSA) is 41.4 Å². The Labute approximate surface area is 145 Å². The normalized spacial score (nSPS) is 15.6. The van der Waals surface area contributed by atoms with Gasteiger partial charge in [-0.05, 0) is 24.3 Å². The lowest BCUT2D eigenvalue weighted by Crippen LogP contribution is -2.49. The van der Waals surface area contributed by atoms with Crippen LogP contribution in [-0.2, 0) is 11.3 Å². The molecule has 7 heteroatoms. The Balaban J connectivity index is 1.37. The summed E-state index contributed by atoms with van der Waals surface area (Å²) >= 11 is 1.46. The molecule has 0 unspecified atom stereocenters. The molecule has 1 aromatic carbocycles. The van der Waals surface area contributed by atoms with E-state index in [0.29, 0.717) is 5.75 Å². The van der Waals surface area contributed by atoms with Crippen molar-refractivity contribution in [3.05, 3.63) is 48.8 Å². The number of hydrogen-bond donors (Lipinski definition) is 0. The van der Waals surface area contributed by atoms with Crippen molar-refractivity contribution in [2.45, 2.75) is 11.4 Å². The van der Waals surface area contributed by atoms with Gasteiger partial charge in [-0.3, -0.25) is 9.69 Å². The van der Waals surface area contributed by atoms with Gasteiger partial charge in [0.05, 0.1) is 12.1 Å². The highest BCUT2D eigenvalue weighted by atomic mass is 32.2. The molecule has 2 aromatic rings. The van der Waals surface area contributed by atoms with Crippen molar-refractivity contribution < 1.29 is 9.18 Å². The van der Waals surface area contributed by atoms with Crippen LogP contribution in [0.2, 0.25) is 0 Å². The highest BCUT2D eigenvalue weighted by molar-refractivity contribution is 8.00. The molecule has 0 saturated carbocycles. The van der Waals surface area contributed by atoms with Gasteiger partial charge in [0.1, 0.15) is 5.82 Å². The minimum Gasteiger partial charge on any atom is -0.339 e. The van der Waals surface area contributed by atoms with E-state index in [1.807, 2.05) is 17.4 Å². The number of piperazine rings is 1. The zero-order valence-corrected chi connectivity index (χ0v) is 14.3. The molecule has 2 heterocycles. The van der Waals surface area contributed by atoms with E-state index < -0.39 is 0 Å². The molecule has 24 heavy (non-hydrogen) atoms. The zero-order valence-electron chi connectivity index (χ0n) is 13.5. The Kier molecular flexibility index (Phi) is 5.87. The fourth-order valence-corrected chi connectivity index (χ4v) is 3.47. The lowest BCUT2D eigenvalue weighted by molar-refractivity contribution is -0.130. The Hall–Kier alpha value is -1.86. The molecule has 1 aliphatic rings. The second-order valence-corrected chi connectivity index (χ2v) is 6.81. The fraction of sp³-hybridized carbons (Fsp3) is 0.412. The van der Waals surface area contributed by atoms with Gasteiger partial charge in [0, 0.05) is 56.6 Å². The predicted octanol–water partition coefficient (Wildman–Crippen LogP) is 1.96. The summed E-state index contributed by atoms with van der Waals surface area (Å²) in [5.74, 6) is 0.303. The number of rotatable bonds is 6. The maximum Gasteiger partial charge on any atom is 0.233 e. The number of thioether (sulfide) groups is 1. The van der Waals surface area contributed by atoms with E-state index in [-0.39, 0.29) is 11.7 Å². The van der Waals surface area contributed by atoms with E-state index in [9.17, 15) is 9.18 Å². The average Bonchev–Trinajstić information content (AvgIpc) is 3.13. The van der Waals surface area contributed by atoms with Crippen LogP contribution in [0.25, 0.3) is 0 Å². The van der Waals surface area contributed by atoms with Gasteiger partial charge in [0.25, 0.3) is 0 Å². The van der Waals surface area contributed by atoms with Crippen LogP contribution in [0.15, 0.2) is 47.9 Å². The molecule has 0 aliphatic carbocycles. The molecule has 0 bridgehead atoms. The van der Waals surface area contributed by atoms with Crippen LogP contribution in [0, 0.1) is 5.82 Å². The van der Waals surface area contributed by atoms with Gasteiger partial charge in [0.2, 0.25) is 5.91 Å². The van der Waals surface area contributed by atoms with Crippen molar-refractivity contribution in [3.63, 3.8) is 0 Å². The molecule has 3 rings (SSSR count). The first kappa shape index (κ1) is 17.0. The van der Waals surface area contributed by atoms with Crippen LogP contribution in [0.3, 0.4) is 0 Å². The zero-order chi connectivity index (χ0) is 16.8. The van der Waals surface area contributed by atoms with Crippen LogP contribution < -0.4 is 0 Å². The van der Waals surface area contributed by atoms with Gasteiger partial charge in [-0.25, -0.2) is 9.37 Å². The molecule has 5 nitrogen and oxygen atoms in total. The number of benzene rings is 1. The summed E-state index contributed by atoms with van der Waals surface area (Å²) in [6.07, 6.45) is 5.58. The maximum absolute atomic E-state index is 12.9. The van der Waals surface area contributed by atoms with Gasteiger partial charge in [-0.2, -0.15) is 0 Å². The molecule has 0 radical (unpaired) electrons. The number of amides is 1. The van der Waals surface area contributed by atoms with Crippen molar-refractivity contribution in [3.8, 4) is 0 Å². The summed E-state index contributed by atoms with van der Waals surface area (Å²) in [6.45, 7) is 5.25. The Bertz CT molecular complexity index is 639. The third kappa shape index (κ3) is 4.82. The van der Waals surface area contributed by atoms with Crippen LogP contribution in [0.1, 0.15) is 0 Å². The molecule has 0 N–H and O–H groups in total. The summed E-state index contributed by atoms with van der Waals surface area (Å²) in [7, 11) is 0. The molecule has 1 saturated heterocycles. The Morgan fingerprint density at radius 1 is 1.12 bits per heavy atom. The van der Waals surface area contributed by atoms with Crippen molar-refractivity contribution in [2.75, 3.05) is 38.5 Å². The number of aromatic nitrogens is 2. The second-order valence-electron chi connectivity index (χ2n) is 5.77. The first-order valence-corrected chi connectivity index (χ1v) is 9.03. The SMILES string of the molecule is O=C(CSc1ccc(F)cc1)N1CCN(CCn2ccnc2)CC1. The van der Waals surface area contributed by atoms with Gasteiger partial charge in [0.15, 0.2) is 0 Å². The van der Waals surface area contributed by atoms with Gasteiger partial charge in [-0.1, -0.05) is 0 Å². The van der Waals surface area contributed by atoms with E-state index in [4.69, 9.17) is 0 Å². The summed E-state index contributed by atoms with van der Waals surface area (Å²) in [5, 5.41) is 0. The van der Waals surface area contributed by atoms with Crippen molar-refractivity contribution >= 4 is 17.7 Å². The molecule has 1 amide bonds. The first-order valence-electron chi connectivity index (χ1n) is 8.05. The number of carbonyl (C=O) groups excluding carboxylic acids is 1. The quantitative estimate of drug-likeness (QED) is 0.749. The lowest BCUT2D eigenvalue weighted by atomic mass is 10.3. The maximum atomic E-state index is 12.9. The molecule has 1 fully saturated rings. The number of imidazole rings is 1. The van der Waals surface area contributed by atoms with Crippen LogP contribution in [0.5, 0.6) is 0 Å². The smallest absolute Gasteiger partial charge is 0.233 e. The fourth-order valence-electron chi connectivity index (χ4n) is 2.66. The largest absolute Gasteiger partial charge is 0.339 e. The van der Waals surface area contributed by atoms with Gasteiger partial charge >= 0.3 is 0 Å². The molecular weight excluding hydrogens is 327 g/mol. The molecule has 0 spiro atoms. The number of nitrogens with zero attached hydrogens (tertiary/aromatic N) is 4. The predicted molar refractivity (Wildman–Crippen MR) is 92.4 cm³/mol. The van der Waals surface area contributed by atoms with Crippen LogP contribution >= 0.6 is 11.8 Å². The van der Waals surface area contributed by atoms with Gasteiger partial charge < -0.3 is 9.47 Å². The first-order chi connectivity index (χ1) is 11.7. The van der Waals surface area contributed by atoms with E-state index in [0.717, 1.165) is 44.2 Å². The number of halogens is 1. The van der Waals surface area contributed by atoms with Crippen LogP contribution in [0.4, 0.5) is 4.39 Å². The third-order valence-corrected chi connectivity index (χ3v) is 5.13. The second kappa shape index (κ2) is 8.30. The molecule has 1 aromatic heterocycles. The summed E-state index contributed by atoms with van der Waals surface area (Å²) < 4.78 is 14.9. The molecule has 128 valence electrons. The third-order valence-electron chi connectivity index (χ3n) is 4.13. The Morgan fingerprint density at radius 2 is 1.88 bits per heavy atom. The standard InChI is InChI=1S/C17H21FN4OS/c18-15-1-3-16(4-2-15)24-13-17(23)22-11-9-20(10-12-22)7-8-21-6-5-19-14-21/h1-6,14H,7-13H2. The molecular formula is C17H21FN4OS. The highest BCUT2D eigenvalue weighted by Gasteiger charge is 2.20. The highest BCUT2D eigenvalue weighted by Crippen LogP contribution is 2.19. The van der Waals surface area contributed by atoms with Crippen molar-refractivity contribution in [2.24, 2.45) is 0 Å². The van der Waals surface area contributed by atoms with Crippen molar-refractivity contribution in [1.82, 2.24) is 19.4 Å². The summed E-state index contributed by atoms with van der Waals surface area (Å²) in [4.78, 5) is 21.5. The lowest BCUT2D eigenvalue weighted by Gasteiger charge is -2.34. The van der Waals surface area contributed by atoms with Gasteiger partial charge in [-0.15, -0.1) is 11.8 Å². The minimum atomic E-state index is -0.252. The summed E-state index contributed by atoms with van der Waals surface area (Å²) in [6, 6.07) is 6.26. The summed E-state index contributed by atoms with van der Waals surface area (Å²) in [5.41, 5.74) is 0. The monoisotopic (exact) mass is 348 g/mol. The molecule has 1 aliphatic heterocycles. The van der Waals surface area contributed by atoms with E-state index in [1.165, 1.54) is 23.9 Å². The van der Waals surface area contributed by atoms with E-state index in [2.05, 4.69) is 14.5 Å². The van der Waals surface area contributed by atoms with Crippen molar-refractivity contribution in [1.29, 1.82) is 0 Å². The number of carbonyl (C=O) groups is 1. The van der Waals surface area contributed by atoms with Crippen LogP contribution in [-0.4, -0.2) is 63.7 Å². The van der Waals surface area contributed by atoms with E-state index in [1.54, 1.807) is 18.3 Å². The Morgan fingerprint density at radius 3 is 2.54 bits per heavy atom. The average molecular weight is 348 g/mol. The number of hydrogen-bond acceptors (Lipinski definition) is 4. The van der Waals surface area contributed by atoms with E-state index >= 15 is 0 Å². The molecule has 0 atom stereocenters.